The zero-order valence-corrected chi connectivity index (χ0v) is 13.4. The molecule has 116 valence electrons. The maximum absolute atomic E-state index is 11.5. The molecule has 1 aromatic rings. The molecule has 0 atom stereocenters. The molecule has 0 radical (unpaired) electrons. The van der Waals surface area contributed by atoms with Crippen molar-refractivity contribution in [2.75, 3.05) is 37.0 Å². The number of carbonyl (C=O) groups is 1. The summed E-state index contributed by atoms with van der Waals surface area (Å²) < 4.78 is 0. The molecule has 0 aliphatic carbocycles. The predicted molar refractivity (Wildman–Crippen MR) is 88.8 cm³/mol. The number of likely N-dealkylation sites (tertiary alicyclic amines) is 1. The van der Waals surface area contributed by atoms with Crippen LogP contribution in [0.3, 0.4) is 0 Å². The fourth-order valence-corrected chi connectivity index (χ4v) is 2.85. The van der Waals surface area contributed by atoms with Crippen molar-refractivity contribution >= 4 is 23.4 Å². The van der Waals surface area contributed by atoms with Gasteiger partial charge in [0.05, 0.1) is 11.9 Å². The van der Waals surface area contributed by atoms with E-state index in [0.29, 0.717) is 5.75 Å². The predicted octanol–water partition coefficient (Wildman–Crippen LogP) is 1.99. The van der Waals surface area contributed by atoms with Crippen LogP contribution in [-0.4, -0.2) is 53.7 Å². The summed E-state index contributed by atoms with van der Waals surface area (Å²) in [6.07, 6.45) is 4.60. The number of thioether (sulfide) groups is 1. The third-order valence-corrected chi connectivity index (χ3v) is 4.34. The van der Waals surface area contributed by atoms with Gasteiger partial charge in [-0.15, -0.1) is 0 Å². The Balaban J connectivity index is 1.75. The molecule has 21 heavy (non-hydrogen) atoms. The van der Waals surface area contributed by atoms with Gasteiger partial charge in [-0.1, -0.05) is 12.1 Å². The maximum atomic E-state index is 11.5. The molecular weight excluding hydrogens is 284 g/mol. The standard InChI is InChI=1S/C16H24N2O2S/c1-21-12-16(20)17-14-4-2-13(3-5-14)6-9-18-10-7-15(19)8-11-18/h2-5,15,19H,6-12H2,1H3,(H,17,20). The van der Waals surface area contributed by atoms with Gasteiger partial charge in [-0.2, -0.15) is 11.8 Å². The van der Waals surface area contributed by atoms with Crippen LogP contribution in [0.2, 0.25) is 0 Å². The molecular formula is C16H24N2O2S. The highest BCUT2D eigenvalue weighted by Crippen LogP contribution is 2.13. The molecule has 1 aromatic carbocycles. The van der Waals surface area contributed by atoms with Crippen molar-refractivity contribution in [2.24, 2.45) is 0 Å². The van der Waals surface area contributed by atoms with E-state index in [1.807, 2.05) is 18.4 Å². The first kappa shape index (κ1) is 16.3. The number of anilines is 1. The van der Waals surface area contributed by atoms with Crippen LogP contribution in [0, 0.1) is 0 Å². The lowest BCUT2D eigenvalue weighted by molar-refractivity contribution is -0.113. The van der Waals surface area contributed by atoms with Gasteiger partial charge in [-0.3, -0.25) is 4.79 Å². The van der Waals surface area contributed by atoms with Crippen LogP contribution < -0.4 is 5.32 Å². The van der Waals surface area contributed by atoms with E-state index in [2.05, 4.69) is 22.3 Å². The molecule has 0 aromatic heterocycles. The Kier molecular flexibility index (Phi) is 6.54. The van der Waals surface area contributed by atoms with E-state index in [4.69, 9.17) is 0 Å². The van der Waals surface area contributed by atoms with Crippen molar-refractivity contribution in [1.29, 1.82) is 0 Å². The fourth-order valence-electron chi connectivity index (χ4n) is 2.51. The fraction of sp³-hybridized carbons (Fsp3) is 0.562. The van der Waals surface area contributed by atoms with Crippen LogP contribution in [0.15, 0.2) is 24.3 Å². The zero-order chi connectivity index (χ0) is 15.1. The Morgan fingerprint density at radius 3 is 2.62 bits per heavy atom. The van der Waals surface area contributed by atoms with Gasteiger partial charge in [0.25, 0.3) is 0 Å². The summed E-state index contributed by atoms with van der Waals surface area (Å²) in [4.78, 5) is 13.9. The normalized spacial score (nSPS) is 16.9. The van der Waals surface area contributed by atoms with Crippen LogP contribution >= 0.6 is 11.8 Å². The minimum absolute atomic E-state index is 0.0436. The number of nitrogens with zero attached hydrogens (tertiary/aromatic N) is 1. The number of amides is 1. The molecule has 1 heterocycles. The lowest BCUT2D eigenvalue weighted by atomic mass is 10.1. The van der Waals surface area contributed by atoms with Crippen molar-refractivity contribution in [3.05, 3.63) is 29.8 Å². The molecule has 0 bridgehead atoms. The van der Waals surface area contributed by atoms with Crippen molar-refractivity contribution in [1.82, 2.24) is 4.90 Å². The van der Waals surface area contributed by atoms with Gasteiger partial charge in [-0.25, -0.2) is 0 Å². The van der Waals surface area contributed by atoms with Gasteiger partial charge < -0.3 is 15.3 Å². The number of piperidine rings is 1. The Morgan fingerprint density at radius 2 is 2.00 bits per heavy atom. The Morgan fingerprint density at radius 1 is 1.33 bits per heavy atom. The van der Waals surface area contributed by atoms with E-state index in [9.17, 15) is 9.90 Å². The lowest BCUT2D eigenvalue weighted by Gasteiger charge is -2.29. The number of benzene rings is 1. The van der Waals surface area contributed by atoms with E-state index < -0.39 is 0 Å². The van der Waals surface area contributed by atoms with E-state index in [1.165, 1.54) is 17.3 Å². The van der Waals surface area contributed by atoms with Gasteiger partial charge in [0.1, 0.15) is 0 Å². The van der Waals surface area contributed by atoms with Crippen LogP contribution in [0.25, 0.3) is 0 Å². The molecule has 2 rings (SSSR count). The second-order valence-corrected chi connectivity index (χ2v) is 6.37. The summed E-state index contributed by atoms with van der Waals surface area (Å²) in [5, 5.41) is 12.4. The number of rotatable bonds is 6. The van der Waals surface area contributed by atoms with Gasteiger partial charge in [0.2, 0.25) is 5.91 Å². The number of hydrogen-bond acceptors (Lipinski definition) is 4. The lowest BCUT2D eigenvalue weighted by Crippen LogP contribution is -2.37. The van der Waals surface area contributed by atoms with E-state index in [-0.39, 0.29) is 12.0 Å². The van der Waals surface area contributed by atoms with Crippen LogP contribution in [0.4, 0.5) is 5.69 Å². The second-order valence-electron chi connectivity index (χ2n) is 5.50. The molecule has 2 N–H and O–H groups in total. The first-order valence-corrected chi connectivity index (χ1v) is 8.85. The molecule has 1 aliphatic rings. The SMILES string of the molecule is CSCC(=O)Nc1ccc(CCN2CCC(O)CC2)cc1. The average molecular weight is 308 g/mol. The Labute approximate surface area is 130 Å². The second kappa shape index (κ2) is 8.41. The van der Waals surface area contributed by atoms with Gasteiger partial charge >= 0.3 is 0 Å². The van der Waals surface area contributed by atoms with E-state index in [1.54, 1.807) is 0 Å². The highest BCUT2D eigenvalue weighted by atomic mass is 32.2. The van der Waals surface area contributed by atoms with Crippen molar-refractivity contribution in [3.8, 4) is 0 Å². The van der Waals surface area contributed by atoms with Gasteiger partial charge in [0, 0.05) is 25.3 Å². The quantitative estimate of drug-likeness (QED) is 0.844. The maximum Gasteiger partial charge on any atom is 0.234 e. The minimum Gasteiger partial charge on any atom is -0.393 e. The molecule has 5 heteroatoms. The monoisotopic (exact) mass is 308 g/mol. The number of nitrogens with one attached hydrogen (secondary N) is 1. The largest absolute Gasteiger partial charge is 0.393 e. The van der Waals surface area contributed by atoms with Gasteiger partial charge in [0.15, 0.2) is 0 Å². The summed E-state index contributed by atoms with van der Waals surface area (Å²) in [5.74, 6) is 0.532. The summed E-state index contributed by atoms with van der Waals surface area (Å²) in [7, 11) is 0. The van der Waals surface area contributed by atoms with E-state index in [0.717, 1.165) is 44.6 Å². The van der Waals surface area contributed by atoms with E-state index >= 15 is 0 Å². The average Bonchev–Trinajstić information content (AvgIpc) is 2.48. The van der Waals surface area contributed by atoms with Crippen LogP contribution in [0.5, 0.6) is 0 Å². The smallest absolute Gasteiger partial charge is 0.234 e. The third-order valence-electron chi connectivity index (χ3n) is 3.79. The summed E-state index contributed by atoms with van der Waals surface area (Å²) in [6, 6.07) is 8.09. The van der Waals surface area contributed by atoms with Crippen LogP contribution in [0.1, 0.15) is 18.4 Å². The molecule has 0 saturated carbocycles. The number of carbonyl (C=O) groups excluding carboxylic acids is 1. The molecule has 0 unspecified atom stereocenters. The first-order chi connectivity index (χ1) is 10.2. The molecule has 1 amide bonds. The van der Waals surface area contributed by atoms with Gasteiger partial charge in [-0.05, 0) is 43.2 Å². The van der Waals surface area contributed by atoms with Crippen molar-refractivity contribution in [3.63, 3.8) is 0 Å². The molecule has 1 aliphatic heterocycles. The highest BCUT2D eigenvalue weighted by molar-refractivity contribution is 7.99. The summed E-state index contributed by atoms with van der Waals surface area (Å²) >= 11 is 1.52. The Bertz CT molecular complexity index is 442. The topological polar surface area (TPSA) is 52.6 Å². The minimum atomic E-state index is -0.106. The first-order valence-electron chi connectivity index (χ1n) is 7.45. The summed E-state index contributed by atoms with van der Waals surface area (Å²) in [6.45, 7) is 3.01. The van der Waals surface area contributed by atoms with Crippen molar-refractivity contribution in [2.45, 2.75) is 25.4 Å². The molecule has 0 spiro atoms. The number of aliphatic hydroxyl groups excluding tert-OH is 1. The summed E-state index contributed by atoms with van der Waals surface area (Å²) in [5.41, 5.74) is 2.14. The number of aliphatic hydroxyl groups is 1. The zero-order valence-electron chi connectivity index (χ0n) is 12.5. The molecule has 1 saturated heterocycles. The Hall–Kier alpha value is -1.04. The highest BCUT2D eigenvalue weighted by Gasteiger charge is 2.16. The number of hydrogen-bond donors (Lipinski definition) is 2. The molecule has 1 fully saturated rings. The van der Waals surface area contributed by atoms with Crippen LogP contribution in [-0.2, 0) is 11.2 Å². The molecule has 4 nitrogen and oxygen atoms in total. The van der Waals surface area contributed by atoms with Crippen molar-refractivity contribution < 1.29 is 9.90 Å². The third kappa shape index (κ3) is 5.69.